The van der Waals surface area contributed by atoms with E-state index in [1.165, 1.54) is 22.3 Å². The molecule has 2 heterocycles. The lowest BCUT2D eigenvalue weighted by Gasteiger charge is -2.14. The largest absolute Gasteiger partial charge is 0.481 e. The Balaban J connectivity index is 1.61. The fraction of sp³-hybridized carbons (Fsp3) is 0.214. The van der Waals surface area contributed by atoms with Crippen molar-refractivity contribution in [2.45, 2.75) is 20.0 Å². The molecule has 0 saturated heterocycles. The van der Waals surface area contributed by atoms with E-state index in [-0.39, 0.29) is 5.91 Å². The van der Waals surface area contributed by atoms with Crippen molar-refractivity contribution in [1.29, 1.82) is 0 Å². The first-order valence-electron chi connectivity index (χ1n) is 6.85. The monoisotopic (exact) mass is 330 g/mol. The number of aromatic nitrogens is 5. The normalized spacial score (nSPS) is 11.9. The van der Waals surface area contributed by atoms with Gasteiger partial charge in [0, 0.05) is 11.1 Å². The molecule has 2 aromatic heterocycles. The van der Waals surface area contributed by atoms with Crippen LogP contribution in [0.1, 0.15) is 11.8 Å². The summed E-state index contributed by atoms with van der Waals surface area (Å²) in [6, 6.07) is 7.13. The minimum Gasteiger partial charge on any atom is -0.481 e. The van der Waals surface area contributed by atoms with Gasteiger partial charge in [-0.15, -0.1) is 16.4 Å². The number of amides is 1. The fourth-order valence-electron chi connectivity index (χ4n) is 1.83. The van der Waals surface area contributed by atoms with Crippen molar-refractivity contribution in [3.05, 3.63) is 41.7 Å². The van der Waals surface area contributed by atoms with Crippen LogP contribution in [0, 0.1) is 6.92 Å². The first-order chi connectivity index (χ1) is 11.1. The maximum Gasteiger partial charge on any atom is 0.266 e. The lowest BCUT2D eigenvalue weighted by Crippen LogP contribution is -2.30. The number of anilines is 1. The Labute approximate surface area is 136 Å². The smallest absolute Gasteiger partial charge is 0.266 e. The van der Waals surface area contributed by atoms with Crippen LogP contribution in [-0.4, -0.2) is 37.2 Å². The van der Waals surface area contributed by atoms with Gasteiger partial charge in [-0.2, -0.15) is 0 Å². The van der Waals surface area contributed by atoms with Gasteiger partial charge in [-0.3, -0.25) is 10.1 Å². The van der Waals surface area contributed by atoms with E-state index in [1.54, 1.807) is 37.4 Å². The average Bonchev–Trinajstić information content (AvgIpc) is 3.20. The van der Waals surface area contributed by atoms with Crippen LogP contribution in [0.25, 0.3) is 5.69 Å². The third kappa shape index (κ3) is 3.69. The van der Waals surface area contributed by atoms with Gasteiger partial charge in [-0.1, -0.05) is 0 Å². The van der Waals surface area contributed by atoms with E-state index in [0.29, 0.717) is 10.9 Å². The van der Waals surface area contributed by atoms with Crippen molar-refractivity contribution < 1.29 is 9.53 Å². The number of nitrogens with one attached hydrogen (secondary N) is 1. The van der Waals surface area contributed by atoms with Crippen LogP contribution in [-0.2, 0) is 4.79 Å². The highest BCUT2D eigenvalue weighted by atomic mass is 32.1. The number of ether oxygens (including phenoxy) is 1. The lowest BCUT2D eigenvalue weighted by molar-refractivity contribution is -0.122. The highest BCUT2D eigenvalue weighted by Crippen LogP contribution is 2.18. The highest BCUT2D eigenvalue weighted by Gasteiger charge is 2.16. The second-order valence-electron chi connectivity index (χ2n) is 4.77. The van der Waals surface area contributed by atoms with E-state index in [9.17, 15) is 4.79 Å². The van der Waals surface area contributed by atoms with E-state index in [0.717, 1.165) is 10.6 Å². The van der Waals surface area contributed by atoms with Gasteiger partial charge in [0.15, 0.2) is 11.2 Å². The molecule has 0 radical (unpaired) electrons. The van der Waals surface area contributed by atoms with Gasteiger partial charge in [0.1, 0.15) is 12.1 Å². The molecule has 9 heteroatoms. The van der Waals surface area contributed by atoms with E-state index >= 15 is 0 Å². The second kappa shape index (κ2) is 6.53. The number of benzene rings is 1. The van der Waals surface area contributed by atoms with Crippen LogP contribution in [0.4, 0.5) is 5.13 Å². The molecule has 3 aromatic rings. The molecule has 0 spiro atoms. The number of hydrogen-bond acceptors (Lipinski definition) is 7. The SMILES string of the molecule is Cc1cnc(NC(=O)[C@@H](C)Oc2ccc(-n3cnnn3)cc2)s1. The molecule has 118 valence electrons. The number of tetrazole rings is 1. The van der Waals surface area contributed by atoms with Crippen molar-refractivity contribution in [2.24, 2.45) is 0 Å². The number of carbonyl (C=O) groups excluding carboxylic acids is 1. The predicted molar refractivity (Wildman–Crippen MR) is 84.7 cm³/mol. The summed E-state index contributed by atoms with van der Waals surface area (Å²) in [6.45, 7) is 3.62. The minimum absolute atomic E-state index is 0.246. The van der Waals surface area contributed by atoms with E-state index in [1.807, 2.05) is 6.92 Å². The maximum absolute atomic E-state index is 12.1. The predicted octanol–water partition coefficient (Wildman–Crippen LogP) is 1.83. The van der Waals surface area contributed by atoms with Gasteiger partial charge < -0.3 is 4.74 Å². The van der Waals surface area contributed by atoms with E-state index in [4.69, 9.17) is 4.74 Å². The second-order valence-corrected chi connectivity index (χ2v) is 6.01. The lowest BCUT2D eigenvalue weighted by atomic mass is 10.3. The van der Waals surface area contributed by atoms with Crippen LogP contribution in [0.15, 0.2) is 36.8 Å². The molecule has 1 amide bonds. The summed E-state index contributed by atoms with van der Waals surface area (Å²) in [6.07, 6.45) is 2.57. The first-order valence-corrected chi connectivity index (χ1v) is 7.67. The average molecular weight is 330 g/mol. The van der Waals surface area contributed by atoms with E-state index < -0.39 is 6.10 Å². The summed E-state index contributed by atoms with van der Waals surface area (Å²) in [7, 11) is 0. The molecule has 23 heavy (non-hydrogen) atoms. The van der Waals surface area contributed by atoms with Crippen molar-refractivity contribution in [3.63, 3.8) is 0 Å². The molecule has 0 aliphatic carbocycles. The molecule has 3 rings (SSSR count). The Morgan fingerprint density at radius 3 is 2.74 bits per heavy atom. The van der Waals surface area contributed by atoms with Gasteiger partial charge in [-0.05, 0) is 48.5 Å². The van der Waals surface area contributed by atoms with Gasteiger partial charge in [0.05, 0.1) is 5.69 Å². The highest BCUT2D eigenvalue weighted by molar-refractivity contribution is 7.15. The van der Waals surface area contributed by atoms with E-state index in [2.05, 4.69) is 25.8 Å². The van der Waals surface area contributed by atoms with Crippen LogP contribution in [0.5, 0.6) is 5.75 Å². The summed E-state index contributed by atoms with van der Waals surface area (Å²) < 4.78 is 7.16. The number of nitrogens with zero attached hydrogens (tertiary/aromatic N) is 5. The van der Waals surface area contributed by atoms with Crippen molar-refractivity contribution in [2.75, 3.05) is 5.32 Å². The topological polar surface area (TPSA) is 94.8 Å². The number of rotatable bonds is 5. The number of aryl methyl sites for hydroxylation is 1. The van der Waals surface area contributed by atoms with Crippen molar-refractivity contribution in [3.8, 4) is 11.4 Å². The molecular formula is C14H14N6O2S. The zero-order valence-corrected chi connectivity index (χ0v) is 13.3. The number of carbonyl (C=O) groups is 1. The molecule has 8 nitrogen and oxygen atoms in total. The standard InChI is InChI=1S/C14H14N6O2S/c1-9-7-15-14(23-9)17-13(21)10(2)22-12-5-3-11(4-6-12)20-8-16-18-19-20/h3-8,10H,1-2H3,(H,15,17,21)/t10-/m1/s1. The molecule has 0 aliphatic rings. The molecule has 1 aromatic carbocycles. The fourth-order valence-corrected chi connectivity index (χ4v) is 2.50. The molecular weight excluding hydrogens is 316 g/mol. The zero-order chi connectivity index (χ0) is 16.2. The molecule has 0 aliphatic heterocycles. The van der Waals surface area contributed by atoms with Gasteiger partial charge in [-0.25, -0.2) is 9.67 Å². The Hall–Kier alpha value is -2.81. The minimum atomic E-state index is -0.641. The summed E-state index contributed by atoms with van der Waals surface area (Å²) in [5, 5.41) is 14.2. The summed E-state index contributed by atoms with van der Waals surface area (Å²) in [4.78, 5) is 17.2. The molecule has 1 N–H and O–H groups in total. The molecule has 0 saturated carbocycles. The zero-order valence-electron chi connectivity index (χ0n) is 12.5. The molecule has 0 bridgehead atoms. The summed E-state index contributed by atoms with van der Waals surface area (Å²) in [5.74, 6) is 0.337. The van der Waals surface area contributed by atoms with Gasteiger partial charge in [0.2, 0.25) is 0 Å². The van der Waals surface area contributed by atoms with Gasteiger partial charge in [0.25, 0.3) is 5.91 Å². The quantitative estimate of drug-likeness (QED) is 0.767. The molecule has 1 atom stereocenters. The van der Waals surface area contributed by atoms with Crippen LogP contribution >= 0.6 is 11.3 Å². The third-order valence-electron chi connectivity index (χ3n) is 2.98. The summed E-state index contributed by atoms with van der Waals surface area (Å²) in [5.41, 5.74) is 0.803. The number of thiazole rings is 1. The Morgan fingerprint density at radius 2 is 2.13 bits per heavy atom. The van der Waals surface area contributed by atoms with Crippen LogP contribution in [0.2, 0.25) is 0 Å². The van der Waals surface area contributed by atoms with Crippen molar-refractivity contribution >= 4 is 22.4 Å². The van der Waals surface area contributed by atoms with Crippen LogP contribution in [0.3, 0.4) is 0 Å². The first kappa shape index (κ1) is 15.1. The molecule has 0 fully saturated rings. The number of hydrogen-bond donors (Lipinski definition) is 1. The molecule has 0 unspecified atom stereocenters. The summed E-state index contributed by atoms with van der Waals surface area (Å²) >= 11 is 1.42. The Kier molecular flexibility index (Phi) is 4.29. The Bertz CT molecular complexity index is 784. The van der Waals surface area contributed by atoms with Gasteiger partial charge >= 0.3 is 0 Å². The van der Waals surface area contributed by atoms with Crippen molar-refractivity contribution in [1.82, 2.24) is 25.2 Å². The maximum atomic E-state index is 12.1. The van der Waals surface area contributed by atoms with Crippen LogP contribution < -0.4 is 10.1 Å². The Morgan fingerprint density at radius 1 is 1.35 bits per heavy atom. The third-order valence-corrected chi connectivity index (χ3v) is 3.81.